The molecule has 0 radical (unpaired) electrons. The van der Waals surface area contributed by atoms with Gasteiger partial charge in [-0.15, -0.1) is 0 Å². The van der Waals surface area contributed by atoms with Gasteiger partial charge in [-0.2, -0.15) is 10.1 Å². The normalized spacial score (nSPS) is 13.5. The number of imide groups is 1. The highest BCUT2D eigenvalue weighted by molar-refractivity contribution is 7.17. The Morgan fingerprint density at radius 1 is 1.00 bits per heavy atom. The van der Waals surface area contributed by atoms with Crippen molar-refractivity contribution >= 4 is 51.8 Å². The smallest absolute Gasteiger partial charge is 0.282 e. The minimum absolute atomic E-state index is 0.244. The number of hydrazone groups is 1. The van der Waals surface area contributed by atoms with Crippen LogP contribution in [0.3, 0.4) is 0 Å². The van der Waals surface area contributed by atoms with Crippen molar-refractivity contribution in [1.82, 2.24) is 9.99 Å². The van der Waals surface area contributed by atoms with E-state index in [-0.39, 0.29) is 5.15 Å². The van der Waals surface area contributed by atoms with Gasteiger partial charge in [0.2, 0.25) is 0 Å². The maximum atomic E-state index is 12.3. The molecule has 4 rings (SSSR count). The standard InChI is InChI=1S/C18H11ClN4O2S/c19-15-14(26-18(22-15)21-11-6-2-1-3-7-11)10-20-23-16(24)12-8-4-5-9-13(12)17(23)25/h1-10H,(H,21,22). The fourth-order valence-corrected chi connectivity index (χ4v) is 3.53. The van der Waals surface area contributed by atoms with Crippen LogP contribution in [0.4, 0.5) is 10.8 Å². The molecular formula is C18H11ClN4O2S. The molecule has 8 heteroatoms. The summed E-state index contributed by atoms with van der Waals surface area (Å²) in [5.41, 5.74) is 1.56. The number of anilines is 2. The second-order valence-corrected chi connectivity index (χ2v) is 6.77. The Kier molecular flexibility index (Phi) is 4.24. The van der Waals surface area contributed by atoms with E-state index in [2.05, 4.69) is 15.4 Å². The first kappa shape index (κ1) is 16.4. The number of carbonyl (C=O) groups is 2. The number of hydrogen-bond donors (Lipinski definition) is 1. The van der Waals surface area contributed by atoms with E-state index in [9.17, 15) is 9.59 Å². The molecule has 0 saturated carbocycles. The van der Waals surface area contributed by atoms with Crippen molar-refractivity contribution in [3.05, 3.63) is 75.8 Å². The molecule has 0 bridgehead atoms. The predicted octanol–water partition coefficient (Wildman–Crippen LogP) is 4.17. The van der Waals surface area contributed by atoms with E-state index in [1.165, 1.54) is 17.6 Å². The highest BCUT2D eigenvalue weighted by Gasteiger charge is 2.35. The van der Waals surface area contributed by atoms with Crippen molar-refractivity contribution in [1.29, 1.82) is 0 Å². The molecule has 1 aliphatic rings. The summed E-state index contributed by atoms with van der Waals surface area (Å²) < 4.78 is 0. The van der Waals surface area contributed by atoms with Crippen LogP contribution >= 0.6 is 22.9 Å². The van der Waals surface area contributed by atoms with Crippen molar-refractivity contribution in [2.45, 2.75) is 0 Å². The van der Waals surface area contributed by atoms with Gasteiger partial charge < -0.3 is 5.32 Å². The maximum absolute atomic E-state index is 12.3. The lowest BCUT2D eigenvalue weighted by atomic mass is 10.1. The van der Waals surface area contributed by atoms with Crippen LogP contribution in [0.25, 0.3) is 0 Å². The van der Waals surface area contributed by atoms with Gasteiger partial charge in [0.15, 0.2) is 10.3 Å². The topological polar surface area (TPSA) is 74.7 Å². The van der Waals surface area contributed by atoms with Crippen molar-refractivity contribution in [3.8, 4) is 0 Å². The summed E-state index contributed by atoms with van der Waals surface area (Å²) in [7, 11) is 0. The molecule has 128 valence electrons. The van der Waals surface area contributed by atoms with E-state index < -0.39 is 11.8 Å². The number of nitrogens with zero attached hydrogens (tertiary/aromatic N) is 3. The summed E-state index contributed by atoms with van der Waals surface area (Å²) in [6, 6.07) is 16.2. The van der Waals surface area contributed by atoms with Crippen LogP contribution in [-0.4, -0.2) is 28.0 Å². The highest BCUT2D eigenvalue weighted by atomic mass is 35.5. The van der Waals surface area contributed by atoms with Gasteiger partial charge in [-0.1, -0.05) is 53.3 Å². The van der Waals surface area contributed by atoms with Gasteiger partial charge in [0.1, 0.15) is 0 Å². The maximum Gasteiger partial charge on any atom is 0.282 e. The van der Waals surface area contributed by atoms with E-state index in [0.717, 1.165) is 10.7 Å². The minimum Gasteiger partial charge on any atom is -0.331 e. The van der Waals surface area contributed by atoms with Gasteiger partial charge in [-0.05, 0) is 24.3 Å². The zero-order chi connectivity index (χ0) is 18.1. The number of rotatable bonds is 4. The monoisotopic (exact) mass is 382 g/mol. The number of fused-ring (bicyclic) bond motifs is 1. The summed E-state index contributed by atoms with van der Waals surface area (Å²) >= 11 is 7.41. The van der Waals surface area contributed by atoms with Crippen LogP contribution in [0, 0.1) is 0 Å². The molecule has 2 amide bonds. The summed E-state index contributed by atoms with van der Waals surface area (Å²) in [4.78, 5) is 29.4. The number of para-hydroxylation sites is 1. The first-order valence-corrected chi connectivity index (χ1v) is 8.83. The quantitative estimate of drug-likeness (QED) is 0.542. The Balaban J connectivity index is 1.55. The number of amides is 2. The first-order chi connectivity index (χ1) is 12.6. The largest absolute Gasteiger partial charge is 0.331 e. The zero-order valence-electron chi connectivity index (χ0n) is 13.2. The third-order valence-corrected chi connectivity index (χ3v) is 5.00. The lowest BCUT2D eigenvalue weighted by Gasteiger charge is -2.04. The number of thiazole rings is 1. The molecule has 0 unspecified atom stereocenters. The SMILES string of the molecule is O=C1c2ccccc2C(=O)N1N=Cc1sc(Nc2ccccc2)nc1Cl. The van der Waals surface area contributed by atoms with Crippen LogP contribution in [0.5, 0.6) is 0 Å². The van der Waals surface area contributed by atoms with Gasteiger partial charge in [0.25, 0.3) is 11.8 Å². The first-order valence-electron chi connectivity index (χ1n) is 7.63. The Morgan fingerprint density at radius 3 is 2.27 bits per heavy atom. The van der Waals surface area contributed by atoms with Gasteiger partial charge in [0, 0.05) is 5.69 Å². The van der Waals surface area contributed by atoms with Crippen LogP contribution in [0.15, 0.2) is 59.7 Å². The van der Waals surface area contributed by atoms with Gasteiger partial charge in [0.05, 0.1) is 22.2 Å². The van der Waals surface area contributed by atoms with E-state index >= 15 is 0 Å². The molecule has 0 atom stereocenters. The second-order valence-electron chi connectivity index (χ2n) is 5.38. The van der Waals surface area contributed by atoms with Gasteiger partial charge in [-0.3, -0.25) is 9.59 Å². The molecule has 0 fully saturated rings. The molecule has 1 aromatic heterocycles. The van der Waals surface area contributed by atoms with E-state index in [1.807, 2.05) is 30.3 Å². The summed E-state index contributed by atoms with van der Waals surface area (Å²) in [6.45, 7) is 0. The number of nitrogens with one attached hydrogen (secondary N) is 1. The second kappa shape index (κ2) is 6.70. The van der Waals surface area contributed by atoms with Crippen molar-refractivity contribution < 1.29 is 9.59 Å². The third-order valence-electron chi connectivity index (χ3n) is 3.70. The number of halogens is 1. The van der Waals surface area contributed by atoms with Crippen molar-refractivity contribution in [2.24, 2.45) is 5.10 Å². The minimum atomic E-state index is -0.454. The molecule has 0 saturated heterocycles. The summed E-state index contributed by atoms with van der Waals surface area (Å²) in [6.07, 6.45) is 1.37. The lowest BCUT2D eigenvalue weighted by molar-refractivity contribution is 0.0660. The van der Waals surface area contributed by atoms with E-state index in [0.29, 0.717) is 21.1 Å². The van der Waals surface area contributed by atoms with Crippen LogP contribution in [0.1, 0.15) is 25.6 Å². The molecule has 6 nitrogen and oxygen atoms in total. The molecule has 2 aromatic carbocycles. The fraction of sp³-hybridized carbons (Fsp3) is 0. The number of hydrogen-bond acceptors (Lipinski definition) is 6. The summed E-state index contributed by atoms with van der Waals surface area (Å²) in [5, 5.41) is 8.83. The zero-order valence-corrected chi connectivity index (χ0v) is 14.8. The van der Waals surface area contributed by atoms with Crippen molar-refractivity contribution in [2.75, 3.05) is 5.32 Å². The molecule has 2 heterocycles. The molecule has 26 heavy (non-hydrogen) atoms. The van der Waals surface area contributed by atoms with E-state index in [4.69, 9.17) is 11.6 Å². The van der Waals surface area contributed by atoms with Gasteiger partial charge in [-0.25, -0.2) is 4.98 Å². The lowest BCUT2D eigenvalue weighted by Crippen LogP contribution is -2.23. The third kappa shape index (κ3) is 2.98. The average Bonchev–Trinajstić information content (AvgIpc) is 3.12. The number of aromatic nitrogens is 1. The van der Waals surface area contributed by atoms with Gasteiger partial charge >= 0.3 is 0 Å². The van der Waals surface area contributed by atoms with Crippen LogP contribution < -0.4 is 5.32 Å². The van der Waals surface area contributed by atoms with Crippen LogP contribution in [-0.2, 0) is 0 Å². The number of benzene rings is 2. The fourth-order valence-electron chi connectivity index (χ4n) is 2.48. The Morgan fingerprint density at radius 2 is 1.62 bits per heavy atom. The number of carbonyl (C=O) groups excluding carboxylic acids is 2. The predicted molar refractivity (Wildman–Crippen MR) is 101 cm³/mol. The Bertz CT molecular complexity index is 998. The average molecular weight is 383 g/mol. The molecule has 1 N–H and O–H groups in total. The highest BCUT2D eigenvalue weighted by Crippen LogP contribution is 2.28. The molecule has 0 aliphatic carbocycles. The molecular weight excluding hydrogens is 372 g/mol. The Labute approximate surface area is 157 Å². The van der Waals surface area contributed by atoms with E-state index in [1.54, 1.807) is 24.3 Å². The van der Waals surface area contributed by atoms with Crippen LogP contribution in [0.2, 0.25) is 5.15 Å². The van der Waals surface area contributed by atoms with Crippen molar-refractivity contribution in [3.63, 3.8) is 0 Å². The Hall–Kier alpha value is -3.03. The molecule has 1 aliphatic heterocycles. The molecule has 0 spiro atoms. The molecule has 3 aromatic rings. The summed E-state index contributed by atoms with van der Waals surface area (Å²) in [5.74, 6) is -0.907.